The van der Waals surface area contributed by atoms with E-state index in [9.17, 15) is 4.79 Å². The predicted molar refractivity (Wildman–Crippen MR) is 141 cm³/mol. The van der Waals surface area contributed by atoms with Gasteiger partial charge in [0.1, 0.15) is 11.8 Å². The van der Waals surface area contributed by atoms with E-state index in [0.29, 0.717) is 24.5 Å². The Morgan fingerprint density at radius 1 is 1.14 bits per heavy atom. The van der Waals surface area contributed by atoms with Crippen LogP contribution in [-0.4, -0.2) is 30.1 Å². The molecule has 0 aliphatic heterocycles. The third-order valence-corrected chi connectivity index (χ3v) is 7.09. The molecule has 0 amide bonds. The second kappa shape index (κ2) is 9.48. The van der Waals surface area contributed by atoms with Crippen LogP contribution in [0.1, 0.15) is 60.0 Å². The first-order chi connectivity index (χ1) is 17.2. The smallest absolute Gasteiger partial charge is 0.253 e. The summed E-state index contributed by atoms with van der Waals surface area (Å²) >= 11 is 1.68. The number of hydrogen-bond donors (Lipinski definition) is 1. The normalized spacial score (nSPS) is 13.1. The molecule has 0 aliphatic rings. The Morgan fingerprint density at radius 2 is 1.97 bits per heavy atom. The number of pyridine rings is 1. The Morgan fingerprint density at radius 3 is 2.67 bits per heavy atom. The molecular weight excluding hydrogens is 472 g/mol. The summed E-state index contributed by atoms with van der Waals surface area (Å²) < 4.78 is 7.55. The molecule has 8 nitrogen and oxygen atoms in total. The van der Waals surface area contributed by atoms with E-state index >= 15 is 0 Å². The van der Waals surface area contributed by atoms with Crippen LogP contribution in [0.2, 0.25) is 0 Å². The molecule has 0 saturated heterocycles. The van der Waals surface area contributed by atoms with E-state index in [-0.39, 0.29) is 11.1 Å². The third-order valence-electron chi connectivity index (χ3n) is 6.23. The molecule has 0 radical (unpaired) electrons. The van der Waals surface area contributed by atoms with Gasteiger partial charge in [-0.2, -0.15) is 0 Å². The number of rotatable bonds is 7. The van der Waals surface area contributed by atoms with Gasteiger partial charge in [-0.25, -0.2) is 4.68 Å². The summed E-state index contributed by atoms with van der Waals surface area (Å²) in [5.74, 6) is 1.41. The topological polar surface area (TPSA) is 92.8 Å². The minimum absolute atomic E-state index is 0.154. The number of aryl methyl sites for hydroxylation is 2. The van der Waals surface area contributed by atoms with Crippen molar-refractivity contribution in [2.45, 2.75) is 59.3 Å². The van der Waals surface area contributed by atoms with Gasteiger partial charge in [0.15, 0.2) is 5.82 Å². The molecule has 186 valence electrons. The molecular formula is C27H30N6O2S. The summed E-state index contributed by atoms with van der Waals surface area (Å²) in [7, 11) is 0. The van der Waals surface area contributed by atoms with Crippen molar-refractivity contribution in [3.05, 3.63) is 97.6 Å². The van der Waals surface area contributed by atoms with Crippen molar-refractivity contribution in [2.75, 3.05) is 0 Å². The zero-order valence-corrected chi connectivity index (χ0v) is 22.0. The molecule has 5 aromatic rings. The summed E-state index contributed by atoms with van der Waals surface area (Å²) in [6.45, 7) is 11.3. The predicted octanol–water partition coefficient (Wildman–Crippen LogP) is 5.33. The maximum atomic E-state index is 13.7. The van der Waals surface area contributed by atoms with E-state index in [1.165, 1.54) is 4.88 Å². The van der Waals surface area contributed by atoms with Crippen molar-refractivity contribution < 1.29 is 4.42 Å². The summed E-state index contributed by atoms with van der Waals surface area (Å²) in [5, 5.41) is 15.9. The molecule has 0 aliphatic carbocycles. The highest BCUT2D eigenvalue weighted by molar-refractivity contribution is 7.09. The summed E-state index contributed by atoms with van der Waals surface area (Å²) in [5.41, 5.74) is 3.08. The molecule has 5 rings (SSSR count). The van der Waals surface area contributed by atoms with Crippen LogP contribution in [0.15, 0.2) is 63.3 Å². The lowest BCUT2D eigenvalue weighted by Gasteiger charge is -2.32. The maximum absolute atomic E-state index is 13.7. The van der Waals surface area contributed by atoms with Crippen molar-refractivity contribution in [1.29, 1.82) is 0 Å². The minimum Gasteiger partial charge on any atom is -0.468 e. The summed E-state index contributed by atoms with van der Waals surface area (Å²) in [6.07, 6.45) is 1.67. The van der Waals surface area contributed by atoms with Crippen molar-refractivity contribution in [2.24, 2.45) is 0 Å². The van der Waals surface area contributed by atoms with Crippen LogP contribution >= 0.6 is 11.3 Å². The number of hydrogen-bond acceptors (Lipinski definition) is 7. The minimum atomic E-state index is -0.514. The number of aromatic nitrogens is 5. The largest absolute Gasteiger partial charge is 0.468 e. The Labute approximate surface area is 213 Å². The van der Waals surface area contributed by atoms with Gasteiger partial charge in [-0.15, -0.1) is 16.4 Å². The van der Waals surface area contributed by atoms with E-state index in [1.807, 2.05) is 35.9 Å². The first-order valence-corrected chi connectivity index (χ1v) is 12.8. The van der Waals surface area contributed by atoms with E-state index in [0.717, 1.165) is 27.8 Å². The van der Waals surface area contributed by atoms with Gasteiger partial charge >= 0.3 is 0 Å². The van der Waals surface area contributed by atoms with Crippen LogP contribution < -0.4 is 5.56 Å². The second-order valence-corrected chi connectivity index (χ2v) is 11.2. The lowest BCUT2D eigenvalue weighted by molar-refractivity contribution is 0.173. The Balaban J connectivity index is 1.74. The van der Waals surface area contributed by atoms with E-state index in [2.05, 4.69) is 76.7 Å². The number of fused-ring (bicyclic) bond motifs is 1. The van der Waals surface area contributed by atoms with Crippen LogP contribution in [-0.2, 0) is 18.6 Å². The quantitative estimate of drug-likeness (QED) is 0.323. The molecule has 36 heavy (non-hydrogen) atoms. The molecule has 0 fully saturated rings. The van der Waals surface area contributed by atoms with Crippen LogP contribution in [0.25, 0.3) is 10.9 Å². The fourth-order valence-corrected chi connectivity index (χ4v) is 5.42. The molecule has 9 heteroatoms. The number of benzene rings is 1. The number of nitrogens with one attached hydrogen (secondary N) is 1. The number of tetrazole rings is 1. The van der Waals surface area contributed by atoms with Gasteiger partial charge in [-0.3, -0.25) is 9.69 Å². The molecule has 0 bridgehead atoms. The first kappa shape index (κ1) is 24.1. The lowest BCUT2D eigenvalue weighted by atomic mass is 9.99. The Bertz CT molecular complexity index is 1490. The average Bonchev–Trinajstić information content (AvgIpc) is 3.57. The van der Waals surface area contributed by atoms with Gasteiger partial charge < -0.3 is 9.40 Å². The zero-order chi connectivity index (χ0) is 25.4. The van der Waals surface area contributed by atoms with Crippen LogP contribution in [0.3, 0.4) is 0 Å². The fraction of sp³-hybridized carbons (Fsp3) is 0.333. The Kier molecular flexibility index (Phi) is 6.36. The molecule has 0 saturated carbocycles. The highest BCUT2D eigenvalue weighted by atomic mass is 32.1. The van der Waals surface area contributed by atoms with Crippen molar-refractivity contribution in [3.8, 4) is 0 Å². The molecule has 1 atom stereocenters. The second-order valence-electron chi connectivity index (χ2n) is 10.2. The summed E-state index contributed by atoms with van der Waals surface area (Å²) in [4.78, 5) is 20.2. The van der Waals surface area contributed by atoms with Gasteiger partial charge in [0.25, 0.3) is 5.56 Å². The van der Waals surface area contributed by atoms with Crippen LogP contribution in [0.5, 0.6) is 0 Å². The number of aromatic amines is 1. The highest BCUT2D eigenvalue weighted by Gasteiger charge is 2.34. The molecule has 0 unspecified atom stereocenters. The van der Waals surface area contributed by atoms with Crippen LogP contribution in [0, 0.1) is 13.8 Å². The maximum Gasteiger partial charge on any atom is 0.253 e. The van der Waals surface area contributed by atoms with Gasteiger partial charge in [-0.1, -0.05) is 17.7 Å². The lowest BCUT2D eigenvalue weighted by Crippen LogP contribution is -2.37. The zero-order valence-electron chi connectivity index (χ0n) is 21.1. The standard InChI is InChI=1S/C27H30N6O2S/c1-17-12-18(2)23-19(13-17)14-22(26(34)28-23)24(25-29-30-31-33(25)27(3,4)5)32(15-20-8-6-10-35-20)16-21-9-7-11-36-21/h6-14,24H,15-16H2,1-5H3,(H,28,34)/t24-/m0/s1. The van der Waals surface area contributed by atoms with Crippen LogP contribution in [0.4, 0.5) is 0 Å². The highest BCUT2D eigenvalue weighted by Crippen LogP contribution is 2.33. The average molecular weight is 503 g/mol. The Hall–Kier alpha value is -3.56. The van der Waals surface area contributed by atoms with E-state index < -0.39 is 6.04 Å². The van der Waals surface area contributed by atoms with Crippen molar-refractivity contribution >= 4 is 22.2 Å². The van der Waals surface area contributed by atoms with E-state index in [4.69, 9.17) is 4.42 Å². The van der Waals surface area contributed by atoms with Crippen molar-refractivity contribution in [1.82, 2.24) is 30.1 Å². The first-order valence-electron chi connectivity index (χ1n) is 11.9. The number of H-pyrrole nitrogens is 1. The van der Waals surface area contributed by atoms with Gasteiger partial charge in [0.2, 0.25) is 0 Å². The van der Waals surface area contributed by atoms with Gasteiger partial charge in [0, 0.05) is 17.0 Å². The molecule has 1 N–H and O–H groups in total. The molecule has 1 aromatic carbocycles. The molecule has 0 spiro atoms. The fourth-order valence-electron chi connectivity index (χ4n) is 4.69. The van der Waals surface area contributed by atoms with E-state index in [1.54, 1.807) is 17.6 Å². The SMILES string of the molecule is Cc1cc(C)c2[nH]c(=O)c([C@@H](c3nnnn3C(C)(C)C)N(Cc3ccco3)Cc3cccs3)cc2c1. The summed E-state index contributed by atoms with van der Waals surface area (Å²) in [6, 6.07) is 13.6. The van der Waals surface area contributed by atoms with Gasteiger partial charge in [-0.05, 0) is 91.7 Å². The monoisotopic (exact) mass is 502 g/mol. The molecule has 4 aromatic heterocycles. The number of nitrogens with zero attached hydrogens (tertiary/aromatic N) is 5. The molecule has 4 heterocycles. The van der Waals surface area contributed by atoms with Gasteiger partial charge in [0.05, 0.1) is 23.9 Å². The number of furan rings is 1. The third kappa shape index (κ3) is 4.76. The van der Waals surface area contributed by atoms with Crippen molar-refractivity contribution in [3.63, 3.8) is 0 Å². The number of thiophene rings is 1.